The highest BCUT2D eigenvalue weighted by Crippen LogP contribution is 2.60. The zero-order chi connectivity index (χ0) is 47.8. The lowest BCUT2D eigenvalue weighted by molar-refractivity contribution is 0.768. The van der Waals surface area contributed by atoms with Gasteiger partial charge in [-0.1, -0.05) is 261 Å². The lowest BCUT2D eigenvalue weighted by Crippen LogP contribution is -2.28. The van der Waals surface area contributed by atoms with Crippen LogP contribution in [0.5, 0.6) is 0 Å². The molecule has 338 valence electrons. The molecule has 0 fully saturated rings. The molecule has 0 bridgehead atoms. The molecule has 0 spiro atoms. The van der Waals surface area contributed by atoms with E-state index in [-0.39, 0.29) is 0 Å². The van der Waals surface area contributed by atoms with E-state index in [1.54, 1.807) is 0 Å². The van der Waals surface area contributed by atoms with Crippen molar-refractivity contribution in [2.45, 2.75) is 5.41 Å². The summed E-state index contributed by atoms with van der Waals surface area (Å²) in [6, 6.07) is 109. The highest BCUT2D eigenvalue weighted by Gasteiger charge is 2.47. The molecule has 1 aliphatic carbocycles. The van der Waals surface area contributed by atoms with Crippen LogP contribution < -0.4 is 4.90 Å². The maximum absolute atomic E-state index is 2.51. The number of fused-ring (bicyclic) bond motifs is 4. The molecule has 0 aromatic heterocycles. The van der Waals surface area contributed by atoms with E-state index in [2.05, 4.69) is 302 Å². The second-order valence-corrected chi connectivity index (χ2v) is 18.8. The molecule has 12 aromatic carbocycles. The maximum atomic E-state index is 2.51. The van der Waals surface area contributed by atoms with Crippen molar-refractivity contribution in [2.24, 2.45) is 0 Å². The summed E-state index contributed by atoms with van der Waals surface area (Å²) in [5.74, 6) is 0. The van der Waals surface area contributed by atoms with Crippen molar-refractivity contribution in [2.75, 3.05) is 4.90 Å². The molecule has 0 saturated carbocycles. The van der Waals surface area contributed by atoms with Gasteiger partial charge in [-0.15, -0.1) is 0 Å². The summed E-state index contributed by atoms with van der Waals surface area (Å²) in [5.41, 5.74) is 22.2. The first kappa shape index (κ1) is 42.8. The minimum Gasteiger partial charge on any atom is -0.309 e. The largest absolute Gasteiger partial charge is 0.309 e. The van der Waals surface area contributed by atoms with Gasteiger partial charge in [-0.3, -0.25) is 0 Å². The van der Waals surface area contributed by atoms with Crippen LogP contribution in [0.15, 0.2) is 297 Å². The average molecular weight is 916 g/mol. The molecule has 12 aromatic rings. The lowest BCUT2D eigenvalue weighted by atomic mass is 9.68. The van der Waals surface area contributed by atoms with Crippen LogP contribution in [0.2, 0.25) is 0 Å². The van der Waals surface area contributed by atoms with Gasteiger partial charge >= 0.3 is 0 Å². The predicted molar refractivity (Wildman–Crippen MR) is 303 cm³/mol. The van der Waals surface area contributed by atoms with Crippen molar-refractivity contribution in [1.82, 2.24) is 0 Å². The second-order valence-electron chi connectivity index (χ2n) is 18.8. The van der Waals surface area contributed by atoms with E-state index >= 15 is 0 Å². The summed E-state index contributed by atoms with van der Waals surface area (Å²) < 4.78 is 0. The van der Waals surface area contributed by atoms with E-state index in [0.717, 1.165) is 28.2 Å². The molecule has 0 unspecified atom stereocenters. The van der Waals surface area contributed by atoms with E-state index in [1.165, 1.54) is 88.7 Å². The topological polar surface area (TPSA) is 3.24 Å². The van der Waals surface area contributed by atoms with Gasteiger partial charge in [0, 0.05) is 16.8 Å². The van der Waals surface area contributed by atoms with Gasteiger partial charge in [0.2, 0.25) is 0 Å². The second kappa shape index (κ2) is 18.2. The monoisotopic (exact) mass is 915 g/mol. The van der Waals surface area contributed by atoms with Crippen molar-refractivity contribution >= 4 is 27.8 Å². The SMILES string of the molecule is c1ccc(-c2ccccc2-c2ccccc2N(c2ccc(-c3ccc(-c4cccc(-c5ccc6ccccc6c5)c4)cc3)cc2)c2cccc3c2-c2ccccc2C3(c2ccccc2)c2ccccc2)cc1. The molecule has 0 saturated heterocycles. The molecule has 0 radical (unpaired) electrons. The molecule has 0 aliphatic heterocycles. The zero-order valence-corrected chi connectivity index (χ0v) is 39.7. The minimum atomic E-state index is -0.538. The Kier molecular flexibility index (Phi) is 10.8. The number of hydrogen-bond acceptors (Lipinski definition) is 1. The van der Waals surface area contributed by atoms with Gasteiger partial charge in [0.15, 0.2) is 0 Å². The standard InChI is InChI=1S/C71H49N/c1-4-21-54(22-5-1)62-30-12-13-31-63(62)64-32-15-17-36-68(64)72(69-37-19-35-67-70(69)65-33-14-16-34-66(65)71(67,59-26-6-2-7-27-59)60-28-8-3-9-29-60)61-46-44-52(45-47-61)51-38-40-53(41-39-51)56-24-18-25-57(48-56)58-43-42-50-20-10-11-23-55(50)49-58/h1-49H. The number of rotatable bonds is 10. The predicted octanol–water partition coefficient (Wildman–Crippen LogP) is 19.0. The van der Waals surface area contributed by atoms with Crippen LogP contribution in [0.1, 0.15) is 22.3 Å². The third kappa shape index (κ3) is 7.34. The number of hydrogen-bond donors (Lipinski definition) is 0. The van der Waals surface area contributed by atoms with Crippen molar-refractivity contribution in [3.63, 3.8) is 0 Å². The summed E-state index contributed by atoms with van der Waals surface area (Å²) in [5, 5.41) is 2.51. The number of para-hydroxylation sites is 1. The summed E-state index contributed by atoms with van der Waals surface area (Å²) in [6.45, 7) is 0. The quantitative estimate of drug-likeness (QED) is 0.132. The fourth-order valence-corrected chi connectivity index (χ4v) is 11.5. The van der Waals surface area contributed by atoms with E-state index in [1.807, 2.05) is 0 Å². The Hall–Kier alpha value is -9.30. The summed E-state index contributed by atoms with van der Waals surface area (Å²) in [6.07, 6.45) is 0. The van der Waals surface area contributed by atoms with Crippen LogP contribution >= 0.6 is 0 Å². The summed E-state index contributed by atoms with van der Waals surface area (Å²) in [4.78, 5) is 2.51. The van der Waals surface area contributed by atoms with E-state index in [0.29, 0.717) is 0 Å². The Morgan fingerprint density at radius 3 is 1.38 bits per heavy atom. The fraction of sp³-hybridized carbons (Fsp3) is 0.0141. The minimum absolute atomic E-state index is 0.538. The van der Waals surface area contributed by atoms with Gasteiger partial charge in [0.25, 0.3) is 0 Å². The van der Waals surface area contributed by atoms with Gasteiger partial charge in [0.05, 0.1) is 16.8 Å². The molecule has 0 amide bonds. The number of nitrogens with zero attached hydrogens (tertiary/aromatic N) is 1. The number of benzene rings is 12. The molecule has 72 heavy (non-hydrogen) atoms. The first-order valence-corrected chi connectivity index (χ1v) is 24.9. The van der Waals surface area contributed by atoms with Crippen LogP contribution in [0.4, 0.5) is 17.1 Å². The van der Waals surface area contributed by atoms with Gasteiger partial charge in [0.1, 0.15) is 0 Å². The zero-order valence-electron chi connectivity index (χ0n) is 39.7. The van der Waals surface area contributed by atoms with Crippen LogP contribution in [-0.2, 0) is 5.41 Å². The van der Waals surface area contributed by atoms with Gasteiger partial charge in [-0.2, -0.15) is 0 Å². The van der Waals surface area contributed by atoms with Crippen LogP contribution in [0.25, 0.3) is 77.5 Å². The van der Waals surface area contributed by atoms with E-state index < -0.39 is 5.41 Å². The molecule has 0 heterocycles. The molecule has 1 aliphatic rings. The average Bonchev–Trinajstić information content (AvgIpc) is 3.78. The molecule has 0 N–H and O–H groups in total. The lowest BCUT2D eigenvalue weighted by Gasteiger charge is -2.34. The Morgan fingerprint density at radius 1 is 0.236 bits per heavy atom. The molecular weight excluding hydrogens is 867 g/mol. The van der Waals surface area contributed by atoms with Gasteiger partial charge in [-0.05, 0) is 125 Å². The first-order chi connectivity index (χ1) is 35.7. The maximum Gasteiger partial charge on any atom is 0.0714 e. The smallest absolute Gasteiger partial charge is 0.0714 e. The van der Waals surface area contributed by atoms with Crippen molar-refractivity contribution in [3.05, 3.63) is 320 Å². The summed E-state index contributed by atoms with van der Waals surface area (Å²) in [7, 11) is 0. The highest BCUT2D eigenvalue weighted by atomic mass is 15.1. The Balaban J connectivity index is 0.953. The molecule has 0 atom stereocenters. The van der Waals surface area contributed by atoms with Gasteiger partial charge < -0.3 is 4.90 Å². The van der Waals surface area contributed by atoms with Crippen LogP contribution in [0.3, 0.4) is 0 Å². The van der Waals surface area contributed by atoms with E-state index in [4.69, 9.17) is 0 Å². The Morgan fingerprint density at radius 2 is 0.681 bits per heavy atom. The number of anilines is 3. The highest BCUT2D eigenvalue weighted by molar-refractivity contribution is 6.01. The molecule has 13 rings (SSSR count). The Labute approximate surface area is 422 Å². The van der Waals surface area contributed by atoms with Crippen LogP contribution in [-0.4, -0.2) is 0 Å². The van der Waals surface area contributed by atoms with Gasteiger partial charge in [-0.25, -0.2) is 0 Å². The molecule has 1 heteroatoms. The van der Waals surface area contributed by atoms with Crippen LogP contribution in [0, 0.1) is 0 Å². The van der Waals surface area contributed by atoms with Crippen molar-refractivity contribution in [3.8, 4) is 66.8 Å². The van der Waals surface area contributed by atoms with Crippen molar-refractivity contribution < 1.29 is 0 Å². The summed E-state index contributed by atoms with van der Waals surface area (Å²) >= 11 is 0. The normalized spacial score (nSPS) is 12.3. The molecular formula is C71H49N. The first-order valence-electron chi connectivity index (χ1n) is 24.9. The van der Waals surface area contributed by atoms with Crippen molar-refractivity contribution in [1.29, 1.82) is 0 Å². The third-order valence-electron chi connectivity index (χ3n) is 14.8. The molecule has 1 nitrogen and oxygen atoms in total. The third-order valence-corrected chi connectivity index (χ3v) is 14.8. The fourth-order valence-electron chi connectivity index (χ4n) is 11.5. The van der Waals surface area contributed by atoms with E-state index in [9.17, 15) is 0 Å². The Bertz CT molecular complexity index is 3850.